The molecule has 0 unspecified atom stereocenters. The molecule has 2 rings (SSSR count). The van der Waals surface area contributed by atoms with Gasteiger partial charge < -0.3 is 10.2 Å². The Hall–Kier alpha value is -0.450. The average Bonchev–Trinajstić information content (AvgIpc) is 2.85. The third-order valence-electron chi connectivity index (χ3n) is 3.80. The molecule has 1 aromatic rings. The number of nitrogens with one attached hydrogen (secondary N) is 1. The molecule has 1 saturated heterocycles. The molecule has 3 nitrogen and oxygen atoms in total. The summed E-state index contributed by atoms with van der Waals surface area (Å²) in [5, 5.41) is 4.56. The van der Waals surface area contributed by atoms with E-state index in [9.17, 15) is 0 Å². The molecule has 0 aliphatic carbocycles. The topological polar surface area (TPSA) is 28.2 Å². The predicted octanol–water partition coefficient (Wildman–Crippen LogP) is 2.49. The Kier molecular flexibility index (Phi) is 5.15. The van der Waals surface area contributed by atoms with Gasteiger partial charge in [-0.25, -0.2) is 4.98 Å². The molecule has 0 bridgehead atoms. The van der Waals surface area contributed by atoms with Gasteiger partial charge in [0, 0.05) is 23.0 Å². The van der Waals surface area contributed by atoms with E-state index in [0.29, 0.717) is 12.0 Å². The molecule has 0 saturated carbocycles. The number of piperidine rings is 1. The second-order valence-corrected chi connectivity index (χ2v) is 6.57. The second-order valence-electron chi connectivity index (χ2n) is 5.42. The molecule has 1 aliphatic heterocycles. The number of hydrogen-bond donors (Lipinski definition) is 1. The lowest BCUT2D eigenvalue weighted by Crippen LogP contribution is -2.37. The van der Waals surface area contributed by atoms with Crippen molar-refractivity contribution in [1.82, 2.24) is 15.2 Å². The molecule has 1 fully saturated rings. The van der Waals surface area contributed by atoms with E-state index >= 15 is 0 Å². The summed E-state index contributed by atoms with van der Waals surface area (Å²) in [5.41, 5.74) is 0. The third kappa shape index (κ3) is 3.53. The Balaban J connectivity index is 1.87. The van der Waals surface area contributed by atoms with E-state index in [1.54, 1.807) is 0 Å². The van der Waals surface area contributed by atoms with Gasteiger partial charge in [-0.15, -0.1) is 11.3 Å². The van der Waals surface area contributed by atoms with Crippen molar-refractivity contribution in [3.05, 3.63) is 16.1 Å². The fourth-order valence-electron chi connectivity index (χ4n) is 2.54. The van der Waals surface area contributed by atoms with E-state index in [1.165, 1.54) is 35.8 Å². The molecule has 102 valence electrons. The van der Waals surface area contributed by atoms with Crippen LogP contribution < -0.4 is 5.32 Å². The van der Waals surface area contributed by atoms with Gasteiger partial charge in [-0.1, -0.05) is 0 Å². The van der Waals surface area contributed by atoms with Gasteiger partial charge in [0.2, 0.25) is 0 Å². The summed E-state index contributed by atoms with van der Waals surface area (Å²) in [6.07, 6.45) is 5.74. The molecule has 0 radical (unpaired) electrons. The van der Waals surface area contributed by atoms with E-state index in [2.05, 4.69) is 35.2 Å². The Bertz CT molecular complexity index is 354. The SMILES string of the molecule is CNCCc1cnc(C2CCN(C(C)C)CC2)s1. The Morgan fingerprint density at radius 1 is 1.44 bits per heavy atom. The van der Waals surface area contributed by atoms with Crippen LogP contribution in [-0.2, 0) is 6.42 Å². The third-order valence-corrected chi connectivity index (χ3v) is 5.02. The van der Waals surface area contributed by atoms with E-state index in [-0.39, 0.29) is 0 Å². The molecule has 1 N–H and O–H groups in total. The summed E-state index contributed by atoms with van der Waals surface area (Å²) in [7, 11) is 2.00. The second kappa shape index (κ2) is 6.64. The Labute approximate surface area is 115 Å². The Morgan fingerprint density at radius 2 is 2.17 bits per heavy atom. The van der Waals surface area contributed by atoms with Crippen molar-refractivity contribution in [2.75, 3.05) is 26.7 Å². The predicted molar refractivity (Wildman–Crippen MR) is 78.4 cm³/mol. The largest absolute Gasteiger partial charge is 0.319 e. The van der Waals surface area contributed by atoms with Crippen LogP contribution in [0.15, 0.2) is 6.20 Å². The highest BCUT2D eigenvalue weighted by atomic mass is 32.1. The average molecular weight is 267 g/mol. The summed E-state index contributed by atoms with van der Waals surface area (Å²) >= 11 is 1.92. The highest BCUT2D eigenvalue weighted by molar-refractivity contribution is 7.11. The van der Waals surface area contributed by atoms with Crippen molar-refractivity contribution in [2.24, 2.45) is 0 Å². The number of rotatable bonds is 5. The van der Waals surface area contributed by atoms with Gasteiger partial charge in [0.1, 0.15) is 0 Å². The van der Waals surface area contributed by atoms with Crippen LogP contribution in [0.25, 0.3) is 0 Å². The number of nitrogens with zero attached hydrogens (tertiary/aromatic N) is 2. The maximum Gasteiger partial charge on any atom is 0.0959 e. The zero-order valence-electron chi connectivity index (χ0n) is 11.8. The van der Waals surface area contributed by atoms with Crippen molar-refractivity contribution < 1.29 is 0 Å². The van der Waals surface area contributed by atoms with Gasteiger partial charge in [-0.2, -0.15) is 0 Å². The van der Waals surface area contributed by atoms with Crippen LogP contribution in [0.1, 0.15) is 42.5 Å². The minimum absolute atomic E-state index is 0.688. The number of aromatic nitrogens is 1. The molecule has 1 aromatic heterocycles. The van der Waals surface area contributed by atoms with Crippen LogP contribution >= 0.6 is 11.3 Å². The van der Waals surface area contributed by atoms with Gasteiger partial charge in [0.15, 0.2) is 0 Å². The number of hydrogen-bond acceptors (Lipinski definition) is 4. The number of thiazole rings is 1. The van der Waals surface area contributed by atoms with Gasteiger partial charge >= 0.3 is 0 Å². The fraction of sp³-hybridized carbons (Fsp3) is 0.786. The van der Waals surface area contributed by atoms with Crippen molar-refractivity contribution >= 4 is 11.3 Å². The normalized spacial score (nSPS) is 18.7. The molecule has 18 heavy (non-hydrogen) atoms. The standard InChI is InChI=1S/C14H25N3S/c1-11(2)17-8-5-12(6-9-17)14-16-10-13(18-14)4-7-15-3/h10-12,15H,4-9H2,1-3H3. The molecule has 2 heterocycles. The van der Waals surface area contributed by atoms with Crippen LogP contribution in [0.4, 0.5) is 0 Å². The molecule has 0 atom stereocenters. The lowest BCUT2D eigenvalue weighted by atomic mass is 9.97. The van der Waals surface area contributed by atoms with Gasteiger partial charge in [-0.3, -0.25) is 0 Å². The quantitative estimate of drug-likeness (QED) is 0.888. The minimum atomic E-state index is 0.688. The maximum absolute atomic E-state index is 4.63. The number of likely N-dealkylation sites (tertiary alicyclic amines) is 1. The summed E-state index contributed by atoms with van der Waals surface area (Å²) < 4.78 is 0. The van der Waals surface area contributed by atoms with Crippen LogP contribution in [0.2, 0.25) is 0 Å². The zero-order valence-corrected chi connectivity index (χ0v) is 12.6. The van der Waals surface area contributed by atoms with Gasteiger partial charge in [0.25, 0.3) is 0 Å². The summed E-state index contributed by atoms with van der Waals surface area (Å²) in [6.45, 7) is 8.09. The molecular formula is C14H25N3S. The van der Waals surface area contributed by atoms with E-state index < -0.39 is 0 Å². The lowest BCUT2D eigenvalue weighted by molar-refractivity contribution is 0.172. The highest BCUT2D eigenvalue weighted by Gasteiger charge is 2.23. The van der Waals surface area contributed by atoms with Crippen LogP contribution in [0, 0.1) is 0 Å². The minimum Gasteiger partial charge on any atom is -0.319 e. The summed E-state index contributed by atoms with van der Waals surface area (Å²) in [5.74, 6) is 0.702. The number of likely N-dealkylation sites (N-methyl/N-ethyl adjacent to an activating group) is 1. The summed E-state index contributed by atoms with van der Waals surface area (Å²) in [4.78, 5) is 8.63. The first-order chi connectivity index (χ1) is 8.70. The lowest BCUT2D eigenvalue weighted by Gasteiger charge is -2.33. The molecule has 0 spiro atoms. The van der Waals surface area contributed by atoms with Crippen molar-refractivity contribution in [3.8, 4) is 0 Å². The van der Waals surface area contributed by atoms with Gasteiger partial charge in [-0.05, 0) is 59.8 Å². The first-order valence-corrected chi connectivity index (χ1v) is 7.85. The van der Waals surface area contributed by atoms with E-state index in [0.717, 1.165) is 13.0 Å². The fourth-order valence-corrected chi connectivity index (χ4v) is 3.62. The molecule has 4 heteroatoms. The molecule has 0 aromatic carbocycles. The first-order valence-electron chi connectivity index (χ1n) is 7.04. The molecular weight excluding hydrogens is 242 g/mol. The molecule has 1 aliphatic rings. The first kappa shape index (κ1) is 14.0. The van der Waals surface area contributed by atoms with Crippen LogP contribution in [0.3, 0.4) is 0 Å². The monoisotopic (exact) mass is 267 g/mol. The van der Waals surface area contributed by atoms with Crippen LogP contribution in [-0.4, -0.2) is 42.6 Å². The van der Waals surface area contributed by atoms with E-state index in [1.807, 2.05) is 18.4 Å². The molecule has 0 amide bonds. The van der Waals surface area contributed by atoms with Crippen molar-refractivity contribution in [2.45, 2.75) is 45.1 Å². The van der Waals surface area contributed by atoms with E-state index in [4.69, 9.17) is 0 Å². The van der Waals surface area contributed by atoms with Gasteiger partial charge in [0.05, 0.1) is 5.01 Å². The van der Waals surface area contributed by atoms with Crippen molar-refractivity contribution in [3.63, 3.8) is 0 Å². The summed E-state index contributed by atoms with van der Waals surface area (Å²) in [6, 6.07) is 0.688. The Morgan fingerprint density at radius 3 is 2.78 bits per heavy atom. The smallest absolute Gasteiger partial charge is 0.0959 e. The zero-order chi connectivity index (χ0) is 13.0. The van der Waals surface area contributed by atoms with Crippen molar-refractivity contribution in [1.29, 1.82) is 0 Å². The highest BCUT2D eigenvalue weighted by Crippen LogP contribution is 2.31. The van der Waals surface area contributed by atoms with Crippen LogP contribution in [0.5, 0.6) is 0 Å². The maximum atomic E-state index is 4.63.